The number of likely N-dealkylation sites (tertiary alicyclic amines) is 2. The van der Waals surface area contributed by atoms with Crippen molar-refractivity contribution < 1.29 is 9.90 Å². The van der Waals surface area contributed by atoms with Crippen LogP contribution in [0.3, 0.4) is 0 Å². The Labute approximate surface area is 253 Å². The van der Waals surface area contributed by atoms with Crippen LogP contribution in [0.5, 0.6) is 0 Å². The number of halogens is 1. The number of carbonyl (C=O) groups excluding carboxylic acids is 1. The normalized spacial score (nSPS) is 19.1. The van der Waals surface area contributed by atoms with E-state index in [4.69, 9.17) is 16.6 Å². The van der Waals surface area contributed by atoms with Gasteiger partial charge in [0.15, 0.2) is 0 Å². The molecule has 0 aliphatic carbocycles. The molecule has 0 bridgehead atoms. The molecule has 1 aromatic heterocycles. The molecule has 2 aliphatic heterocycles. The fourth-order valence-corrected chi connectivity index (χ4v) is 6.93. The van der Waals surface area contributed by atoms with E-state index in [1.807, 2.05) is 40.1 Å². The second kappa shape index (κ2) is 12.8. The Hall–Kier alpha value is -3.45. The molecule has 3 aromatic carbocycles. The first-order valence-electron chi connectivity index (χ1n) is 15.1. The molecule has 42 heavy (non-hydrogen) atoms. The van der Waals surface area contributed by atoms with E-state index in [1.54, 1.807) is 0 Å². The van der Waals surface area contributed by atoms with Crippen molar-refractivity contribution in [3.05, 3.63) is 124 Å². The Morgan fingerprint density at radius 3 is 2.14 bits per heavy atom. The average molecular weight is 583 g/mol. The topological polar surface area (TPSA) is 61.6 Å². The summed E-state index contributed by atoms with van der Waals surface area (Å²) < 4.78 is 1.99. The van der Waals surface area contributed by atoms with E-state index in [0.29, 0.717) is 36.9 Å². The van der Waals surface area contributed by atoms with Gasteiger partial charge in [0.1, 0.15) is 5.69 Å². The number of hydrogen-bond acceptors (Lipinski definition) is 4. The van der Waals surface area contributed by atoms with E-state index in [1.165, 1.54) is 11.1 Å². The second-order valence-electron chi connectivity index (χ2n) is 11.8. The number of carbonyl (C=O) groups is 1. The summed E-state index contributed by atoms with van der Waals surface area (Å²) in [5.74, 6) is 0.138. The van der Waals surface area contributed by atoms with E-state index < -0.39 is 0 Å². The zero-order valence-corrected chi connectivity index (χ0v) is 24.8. The zero-order chi connectivity index (χ0) is 28.9. The molecule has 0 radical (unpaired) electrons. The highest BCUT2D eigenvalue weighted by atomic mass is 35.5. The van der Waals surface area contributed by atoms with Crippen molar-refractivity contribution in [3.63, 3.8) is 0 Å². The molecule has 4 aromatic rings. The van der Waals surface area contributed by atoms with Crippen LogP contribution >= 0.6 is 11.6 Å². The molecule has 0 spiro atoms. The molecular weight excluding hydrogens is 544 g/mol. The van der Waals surface area contributed by atoms with Crippen LogP contribution in [0.2, 0.25) is 5.02 Å². The van der Waals surface area contributed by atoms with Crippen LogP contribution in [-0.2, 0) is 18.5 Å². The Bertz CT molecular complexity index is 1420. The Morgan fingerprint density at radius 1 is 0.881 bits per heavy atom. The van der Waals surface area contributed by atoms with Gasteiger partial charge in [0, 0.05) is 43.2 Å². The molecule has 2 fully saturated rings. The molecule has 3 heterocycles. The van der Waals surface area contributed by atoms with Crippen molar-refractivity contribution in [2.24, 2.45) is 5.92 Å². The highest BCUT2D eigenvalue weighted by Crippen LogP contribution is 2.42. The number of benzene rings is 3. The van der Waals surface area contributed by atoms with Crippen LogP contribution in [-0.4, -0.2) is 63.2 Å². The van der Waals surface area contributed by atoms with Crippen LogP contribution in [0.4, 0.5) is 0 Å². The maximum Gasteiger partial charge on any atom is 0.272 e. The van der Waals surface area contributed by atoms with Crippen molar-refractivity contribution in [1.82, 2.24) is 19.4 Å². The number of imidazole rings is 1. The van der Waals surface area contributed by atoms with E-state index in [2.05, 4.69) is 65.6 Å². The third-order valence-electron chi connectivity index (χ3n) is 9.18. The largest absolute Gasteiger partial charge is 0.396 e. The Balaban J connectivity index is 1.25. The monoisotopic (exact) mass is 582 g/mol. The summed E-state index contributed by atoms with van der Waals surface area (Å²) >= 11 is 6.13. The number of aromatic nitrogens is 2. The summed E-state index contributed by atoms with van der Waals surface area (Å²) in [6.45, 7) is 4.41. The molecule has 218 valence electrons. The van der Waals surface area contributed by atoms with Gasteiger partial charge in [-0.25, -0.2) is 4.98 Å². The van der Waals surface area contributed by atoms with Crippen molar-refractivity contribution >= 4 is 17.5 Å². The fourth-order valence-electron chi connectivity index (χ4n) is 6.80. The quantitative estimate of drug-likeness (QED) is 0.276. The van der Waals surface area contributed by atoms with Gasteiger partial charge in [-0.15, -0.1) is 0 Å². The predicted molar refractivity (Wildman–Crippen MR) is 167 cm³/mol. The van der Waals surface area contributed by atoms with Crippen LogP contribution < -0.4 is 0 Å². The van der Waals surface area contributed by atoms with E-state index >= 15 is 0 Å². The molecular formula is C35H39ClN4O2. The van der Waals surface area contributed by atoms with Crippen LogP contribution in [0, 0.1) is 5.92 Å². The molecule has 6 rings (SSSR count). The minimum Gasteiger partial charge on any atom is -0.396 e. The first kappa shape index (κ1) is 28.7. The van der Waals surface area contributed by atoms with Gasteiger partial charge in [0.25, 0.3) is 5.91 Å². The van der Waals surface area contributed by atoms with Gasteiger partial charge in [-0.1, -0.05) is 84.4 Å². The zero-order valence-electron chi connectivity index (χ0n) is 24.0. The van der Waals surface area contributed by atoms with E-state index in [9.17, 15) is 9.90 Å². The summed E-state index contributed by atoms with van der Waals surface area (Å²) in [7, 11) is 0. The number of piperidine rings is 2. The van der Waals surface area contributed by atoms with Gasteiger partial charge in [-0.05, 0) is 73.5 Å². The molecule has 7 heteroatoms. The standard InChI is InChI=1S/C35H39ClN4O2/c36-31-15-13-27(14-16-31)22-40-26-37-32(33(40)34(42)39-19-7-8-28(23-39)25-41)24-38-20-17-35(18-21-38,29-9-3-1-4-10-29)30-11-5-2-6-12-30/h1-6,9-16,26,28,41H,7-8,17-25H2. The van der Waals surface area contributed by atoms with Gasteiger partial charge in [0.2, 0.25) is 0 Å². The SMILES string of the molecule is O=C(c1c(CN2CCC(c3ccccc3)(c3ccccc3)CC2)ncn1Cc1ccc(Cl)cc1)N1CCCC(CO)C1. The van der Waals surface area contributed by atoms with Gasteiger partial charge >= 0.3 is 0 Å². The number of aliphatic hydroxyl groups excluding tert-OH is 1. The number of hydrogen-bond donors (Lipinski definition) is 1. The minimum atomic E-state index is -0.0290. The Morgan fingerprint density at radius 2 is 1.52 bits per heavy atom. The summed E-state index contributed by atoms with van der Waals surface area (Å²) in [5.41, 5.74) is 5.25. The lowest BCUT2D eigenvalue weighted by atomic mass is 9.68. The molecule has 2 saturated heterocycles. The predicted octanol–water partition coefficient (Wildman–Crippen LogP) is 6.01. The number of amides is 1. The second-order valence-corrected chi connectivity index (χ2v) is 12.3. The van der Waals surface area contributed by atoms with Crippen molar-refractivity contribution in [1.29, 1.82) is 0 Å². The van der Waals surface area contributed by atoms with Crippen molar-refractivity contribution in [3.8, 4) is 0 Å². The smallest absolute Gasteiger partial charge is 0.272 e. The van der Waals surface area contributed by atoms with Crippen LogP contribution in [0.1, 0.15) is 58.6 Å². The first-order chi connectivity index (χ1) is 20.6. The molecule has 1 unspecified atom stereocenters. The summed E-state index contributed by atoms with van der Waals surface area (Å²) in [6.07, 6.45) is 5.67. The van der Waals surface area contributed by atoms with E-state index in [0.717, 1.165) is 50.0 Å². The van der Waals surface area contributed by atoms with Crippen LogP contribution in [0.15, 0.2) is 91.3 Å². The summed E-state index contributed by atoms with van der Waals surface area (Å²) in [5, 5.41) is 10.5. The molecule has 1 N–H and O–H groups in total. The molecule has 1 amide bonds. The lowest BCUT2D eigenvalue weighted by Gasteiger charge is -2.43. The van der Waals surface area contributed by atoms with Crippen LogP contribution in [0.25, 0.3) is 0 Å². The average Bonchev–Trinajstić information content (AvgIpc) is 3.44. The van der Waals surface area contributed by atoms with Gasteiger partial charge in [0.05, 0.1) is 12.0 Å². The Kier molecular flexibility index (Phi) is 8.75. The highest BCUT2D eigenvalue weighted by Gasteiger charge is 2.38. The van der Waals surface area contributed by atoms with Gasteiger partial charge < -0.3 is 14.6 Å². The lowest BCUT2D eigenvalue weighted by molar-refractivity contribution is 0.0607. The minimum absolute atomic E-state index is 0.00883. The first-order valence-corrected chi connectivity index (χ1v) is 15.5. The molecule has 1 atom stereocenters. The highest BCUT2D eigenvalue weighted by molar-refractivity contribution is 6.30. The molecule has 2 aliphatic rings. The van der Waals surface area contributed by atoms with Gasteiger partial charge in [-0.3, -0.25) is 9.69 Å². The molecule has 0 saturated carbocycles. The third-order valence-corrected chi connectivity index (χ3v) is 9.43. The van der Waals surface area contributed by atoms with Crippen molar-refractivity contribution in [2.45, 2.75) is 44.2 Å². The maximum absolute atomic E-state index is 14.1. The number of nitrogens with zero attached hydrogens (tertiary/aromatic N) is 4. The lowest BCUT2D eigenvalue weighted by Crippen LogP contribution is -2.44. The van der Waals surface area contributed by atoms with E-state index in [-0.39, 0.29) is 23.8 Å². The number of rotatable bonds is 8. The van der Waals surface area contributed by atoms with Gasteiger partial charge in [-0.2, -0.15) is 0 Å². The number of aliphatic hydroxyl groups is 1. The fraction of sp³-hybridized carbons (Fsp3) is 0.371. The van der Waals surface area contributed by atoms with Crippen molar-refractivity contribution in [2.75, 3.05) is 32.8 Å². The maximum atomic E-state index is 14.1. The summed E-state index contributed by atoms with van der Waals surface area (Å²) in [4.78, 5) is 23.3. The third kappa shape index (κ3) is 6.03. The summed E-state index contributed by atoms with van der Waals surface area (Å²) in [6, 6.07) is 29.5. The molecule has 6 nitrogen and oxygen atoms in total.